The Hall–Kier alpha value is -2.37. The molecule has 1 rings (SSSR count). The molecule has 0 saturated carbocycles. The SMILES string of the molecule is COC(=O)c1ccccc1NC(=O)CNC(=O)CC(C)C. The lowest BCUT2D eigenvalue weighted by Crippen LogP contribution is -2.33. The number of ether oxygens (including phenoxy) is 1. The highest BCUT2D eigenvalue weighted by atomic mass is 16.5. The van der Waals surface area contributed by atoms with Crippen molar-refractivity contribution in [1.29, 1.82) is 0 Å². The van der Waals surface area contributed by atoms with E-state index in [1.54, 1.807) is 24.3 Å². The van der Waals surface area contributed by atoms with Crippen molar-refractivity contribution in [1.82, 2.24) is 5.32 Å². The van der Waals surface area contributed by atoms with E-state index in [1.807, 2.05) is 13.8 Å². The van der Waals surface area contributed by atoms with Crippen LogP contribution in [-0.2, 0) is 14.3 Å². The number of rotatable bonds is 6. The molecular formula is C15H20N2O4. The summed E-state index contributed by atoms with van der Waals surface area (Å²) in [6.45, 7) is 3.71. The van der Waals surface area contributed by atoms with Crippen LogP contribution >= 0.6 is 0 Å². The minimum absolute atomic E-state index is 0.138. The lowest BCUT2D eigenvalue weighted by molar-refractivity contribution is -0.124. The number of para-hydroxylation sites is 1. The maximum absolute atomic E-state index is 11.8. The quantitative estimate of drug-likeness (QED) is 0.780. The molecule has 0 unspecified atom stereocenters. The largest absolute Gasteiger partial charge is 0.465 e. The summed E-state index contributed by atoms with van der Waals surface area (Å²) in [7, 11) is 1.27. The third kappa shape index (κ3) is 5.64. The minimum Gasteiger partial charge on any atom is -0.465 e. The maximum Gasteiger partial charge on any atom is 0.339 e. The van der Waals surface area contributed by atoms with Gasteiger partial charge in [-0.1, -0.05) is 26.0 Å². The van der Waals surface area contributed by atoms with Crippen LogP contribution in [0, 0.1) is 5.92 Å². The average Bonchev–Trinajstić information content (AvgIpc) is 2.44. The van der Waals surface area contributed by atoms with Crippen LogP contribution in [0.1, 0.15) is 30.6 Å². The highest BCUT2D eigenvalue weighted by molar-refractivity contribution is 6.02. The number of hydrogen-bond donors (Lipinski definition) is 2. The zero-order chi connectivity index (χ0) is 15.8. The van der Waals surface area contributed by atoms with Crippen LogP contribution in [0.2, 0.25) is 0 Å². The van der Waals surface area contributed by atoms with Crippen molar-refractivity contribution in [2.45, 2.75) is 20.3 Å². The summed E-state index contributed by atoms with van der Waals surface area (Å²) in [4.78, 5) is 34.8. The summed E-state index contributed by atoms with van der Waals surface area (Å²) in [5.74, 6) is -0.882. The van der Waals surface area contributed by atoms with Crippen LogP contribution in [0.25, 0.3) is 0 Å². The molecule has 0 aliphatic carbocycles. The average molecular weight is 292 g/mol. The first kappa shape index (κ1) is 16.7. The van der Waals surface area contributed by atoms with Crippen molar-refractivity contribution in [3.8, 4) is 0 Å². The molecule has 6 nitrogen and oxygen atoms in total. The number of methoxy groups -OCH3 is 1. The smallest absolute Gasteiger partial charge is 0.339 e. The molecule has 21 heavy (non-hydrogen) atoms. The molecule has 114 valence electrons. The van der Waals surface area contributed by atoms with Crippen LogP contribution in [-0.4, -0.2) is 31.4 Å². The van der Waals surface area contributed by atoms with Gasteiger partial charge >= 0.3 is 5.97 Å². The van der Waals surface area contributed by atoms with Gasteiger partial charge in [-0.2, -0.15) is 0 Å². The third-order valence-electron chi connectivity index (χ3n) is 2.65. The number of nitrogens with one attached hydrogen (secondary N) is 2. The summed E-state index contributed by atoms with van der Waals surface area (Å²) in [6, 6.07) is 6.52. The van der Waals surface area contributed by atoms with Gasteiger partial charge in [-0.05, 0) is 18.1 Å². The molecule has 0 fully saturated rings. The molecule has 2 N–H and O–H groups in total. The Labute approximate surface area is 123 Å². The highest BCUT2D eigenvalue weighted by Crippen LogP contribution is 2.15. The Kier molecular flexibility index (Phi) is 6.39. The summed E-state index contributed by atoms with van der Waals surface area (Å²) in [5, 5.41) is 5.11. The Bertz CT molecular complexity index is 526. The molecule has 0 spiro atoms. The fourth-order valence-electron chi connectivity index (χ4n) is 1.70. The normalized spacial score (nSPS) is 10.1. The molecule has 0 aliphatic heterocycles. The fraction of sp³-hybridized carbons (Fsp3) is 0.400. The molecule has 0 aromatic heterocycles. The summed E-state index contributed by atoms with van der Waals surface area (Å²) in [6.07, 6.45) is 0.367. The first-order valence-electron chi connectivity index (χ1n) is 6.68. The Morgan fingerprint density at radius 3 is 2.43 bits per heavy atom. The summed E-state index contributed by atoms with van der Waals surface area (Å²) >= 11 is 0. The van der Waals surface area contributed by atoms with E-state index < -0.39 is 11.9 Å². The predicted molar refractivity (Wildman–Crippen MR) is 78.9 cm³/mol. The molecule has 1 aromatic carbocycles. The van der Waals surface area contributed by atoms with E-state index in [0.717, 1.165) is 0 Å². The lowest BCUT2D eigenvalue weighted by Gasteiger charge is -2.10. The van der Waals surface area contributed by atoms with Gasteiger partial charge in [-0.3, -0.25) is 9.59 Å². The molecule has 0 aliphatic rings. The fourth-order valence-corrected chi connectivity index (χ4v) is 1.70. The molecule has 1 aromatic rings. The number of carbonyl (C=O) groups excluding carboxylic acids is 3. The minimum atomic E-state index is -0.533. The second kappa shape index (κ2) is 8.04. The van der Waals surface area contributed by atoms with E-state index in [9.17, 15) is 14.4 Å². The zero-order valence-electron chi connectivity index (χ0n) is 12.4. The second-order valence-electron chi connectivity index (χ2n) is 4.96. The number of amides is 2. The van der Waals surface area contributed by atoms with Gasteiger partial charge in [-0.15, -0.1) is 0 Å². The van der Waals surface area contributed by atoms with E-state index in [2.05, 4.69) is 15.4 Å². The second-order valence-corrected chi connectivity index (χ2v) is 4.96. The zero-order valence-corrected chi connectivity index (χ0v) is 12.4. The van der Waals surface area contributed by atoms with Crippen molar-refractivity contribution in [2.24, 2.45) is 5.92 Å². The molecule has 6 heteroatoms. The molecule has 0 radical (unpaired) electrons. The first-order valence-corrected chi connectivity index (χ1v) is 6.68. The van der Waals surface area contributed by atoms with E-state index >= 15 is 0 Å². The Morgan fingerprint density at radius 2 is 1.81 bits per heavy atom. The van der Waals surface area contributed by atoms with Gasteiger partial charge in [0.15, 0.2) is 0 Å². The topological polar surface area (TPSA) is 84.5 Å². The van der Waals surface area contributed by atoms with Crippen LogP contribution in [0.5, 0.6) is 0 Å². The number of benzene rings is 1. The van der Waals surface area contributed by atoms with Crippen LogP contribution in [0.4, 0.5) is 5.69 Å². The van der Waals surface area contributed by atoms with E-state index in [-0.39, 0.29) is 23.9 Å². The summed E-state index contributed by atoms with van der Waals surface area (Å²) < 4.78 is 4.64. The monoisotopic (exact) mass is 292 g/mol. The lowest BCUT2D eigenvalue weighted by atomic mass is 10.1. The van der Waals surface area contributed by atoms with Crippen molar-refractivity contribution in [3.63, 3.8) is 0 Å². The molecule has 2 amide bonds. The van der Waals surface area contributed by atoms with E-state index in [4.69, 9.17) is 0 Å². The third-order valence-corrected chi connectivity index (χ3v) is 2.65. The Morgan fingerprint density at radius 1 is 1.14 bits per heavy atom. The van der Waals surface area contributed by atoms with Gasteiger partial charge in [0, 0.05) is 6.42 Å². The highest BCUT2D eigenvalue weighted by Gasteiger charge is 2.13. The van der Waals surface area contributed by atoms with Gasteiger partial charge in [0.2, 0.25) is 11.8 Å². The van der Waals surface area contributed by atoms with Gasteiger partial charge in [0.05, 0.1) is 24.9 Å². The van der Waals surface area contributed by atoms with E-state index in [1.165, 1.54) is 7.11 Å². The number of carbonyl (C=O) groups is 3. The van der Waals surface area contributed by atoms with Crippen LogP contribution in [0.3, 0.4) is 0 Å². The van der Waals surface area contributed by atoms with Crippen molar-refractivity contribution >= 4 is 23.5 Å². The van der Waals surface area contributed by atoms with Crippen LogP contribution < -0.4 is 10.6 Å². The van der Waals surface area contributed by atoms with E-state index in [0.29, 0.717) is 12.1 Å². The number of hydrogen-bond acceptors (Lipinski definition) is 4. The summed E-state index contributed by atoms with van der Waals surface area (Å²) in [5.41, 5.74) is 0.620. The van der Waals surface area contributed by atoms with Gasteiger partial charge in [-0.25, -0.2) is 4.79 Å². The standard InChI is InChI=1S/C15H20N2O4/c1-10(2)8-13(18)16-9-14(19)17-12-7-5-4-6-11(12)15(20)21-3/h4-7,10H,8-9H2,1-3H3,(H,16,18)(H,17,19). The first-order chi connectivity index (χ1) is 9.93. The molecule has 0 saturated heterocycles. The number of esters is 1. The molecule has 0 atom stereocenters. The van der Waals surface area contributed by atoms with Crippen molar-refractivity contribution in [2.75, 3.05) is 19.0 Å². The molecular weight excluding hydrogens is 272 g/mol. The van der Waals surface area contributed by atoms with Gasteiger partial charge < -0.3 is 15.4 Å². The van der Waals surface area contributed by atoms with Gasteiger partial charge in [0.1, 0.15) is 0 Å². The molecule has 0 bridgehead atoms. The maximum atomic E-state index is 11.8. The van der Waals surface area contributed by atoms with Crippen LogP contribution in [0.15, 0.2) is 24.3 Å². The number of anilines is 1. The Balaban J connectivity index is 2.59. The molecule has 0 heterocycles. The van der Waals surface area contributed by atoms with Crippen molar-refractivity contribution in [3.05, 3.63) is 29.8 Å². The predicted octanol–water partition coefficient (Wildman–Crippen LogP) is 1.57. The van der Waals surface area contributed by atoms with Gasteiger partial charge in [0.25, 0.3) is 0 Å². The van der Waals surface area contributed by atoms with Crippen molar-refractivity contribution < 1.29 is 19.1 Å².